The summed E-state index contributed by atoms with van der Waals surface area (Å²) in [6.45, 7) is 12.5. The van der Waals surface area contributed by atoms with Gasteiger partial charge in [0.15, 0.2) is 0 Å². The Balaban J connectivity index is 2.28. The van der Waals surface area contributed by atoms with Gasteiger partial charge in [-0.15, -0.1) is 0 Å². The normalized spacial score (nSPS) is 15.7. The molecule has 1 aromatic heterocycles. The molecule has 1 aromatic rings. The van der Waals surface area contributed by atoms with E-state index in [0.29, 0.717) is 18.5 Å². The van der Waals surface area contributed by atoms with Crippen LogP contribution in [0.4, 0.5) is 0 Å². The summed E-state index contributed by atoms with van der Waals surface area (Å²) in [5.74, 6) is 0.609. The van der Waals surface area contributed by atoms with Gasteiger partial charge in [0.1, 0.15) is 0 Å². The average Bonchev–Trinajstić information content (AvgIpc) is 3.18. The number of hydrogen-bond donors (Lipinski definition) is 1. The molecule has 21 heavy (non-hydrogen) atoms. The van der Waals surface area contributed by atoms with E-state index in [2.05, 4.69) is 46.0 Å². The first-order chi connectivity index (χ1) is 9.79. The van der Waals surface area contributed by atoms with Crippen LogP contribution in [0, 0.1) is 5.92 Å². The largest absolute Gasteiger partial charge is 0.312 e. The summed E-state index contributed by atoms with van der Waals surface area (Å²) in [5.41, 5.74) is 2.23. The first kappa shape index (κ1) is 16.3. The highest BCUT2D eigenvalue weighted by Gasteiger charge is 2.23. The second-order valence-electron chi connectivity index (χ2n) is 7.79. The molecule has 0 saturated heterocycles. The molecule has 0 radical (unpaired) electrons. The Labute approximate surface area is 128 Å². The highest BCUT2D eigenvalue weighted by molar-refractivity contribution is 5.21. The molecule has 2 rings (SSSR count). The number of aromatic nitrogens is 1. The molecule has 0 bridgehead atoms. The molecule has 1 saturated carbocycles. The van der Waals surface area contributed by atoms with Crippen molar-refractivity contribution in [2.24, 2.45) is 5.92 Å². The van der Waals surface area contributed by atoms with Crippen molar-refractivity contribution in [1.82, 2.24) is 9.88 Å². The Morgan fingerprint density at radius 2 is 1.95 bits per heavy atom. The summed E-state index contributed by atoms with van der Waals surface area (Å²) < 4.78 is 2.00. The average molecular weight is 290 g/mol. The van der Waals surface area contributed by atoms with Crippen LogP contribution in [0.1, 0.15) is 65.1 Å². The van der Waals surface area contributed by atoms with Gasteiger partial charge >= 0.3 is 0 Å². The van der Waals surface area contributed by atoms with Crippen LogP contribution in [0.3, 0.4) is 0 Å². The van der Waals surface area contributed by atoms with Crippen LogP contribution in [-0.2, 0) is 18.5 Å². The highest BCUT2D eigenvalue weighted by Crippen LogP contribution is 2.22. The molecular weight excluding hydrogens is 260 g/mol. The first-order valence-electron chi connectivity index (χ1n) is 8.25. The van der Waals surface area contributed by atoms with Crippen molar-refractivity contribution < 1.29 is 0 Å². The lowest BCUT2D eigenvalue weighted by molar-refractivity contribution is 0.452. The lowest BCUT2D eigenvalue weighted by Gasteiger charge is -2.25. The second-order valence-corrected chi connectivity index (χ2v) is 7.79. The maximum atomic E-state index is 12.8. The molecule has 1 heterocycles. The van der Waals surface area contributed by atoms with E-state index in [4.69, 9.17) is 0 Å². The Morgan fingerprint density at radius 1 is 1.29 bits per heavy atom. The van der Waals surface area contributed by atoms with E-state index >= 15 is 0 Å². The van der Waals surface area contributed by atoms with Gasteiger partial charge < -0.3 is 9.88 Å². The van der Waals surface area contributed by atoms with Gasteiger partial charge in [0.25, 0.3) is 5.56 Å². The second kappa shape index (κ2) is 6.35. The van der Waals surface area contributed by atoms with Crippen molar-refractivity contribution in [3.63, 3.8) is 0 Å². The van der Waals surface area contributed by atoms with E-state index < -0.39 is 0 Å². The fraction of sp³-hybridized carbons (Fsp3) is 0.722. The van der Waals surface area contributed by atoms with Crippen LogP contribution in [0.25, 0.3) is 0 Å². The van der Waals surface area contributed by atoms with Crippen molar-refractivity contribution in [2.45, 2.75) is 78.4 Å². The summed E-state index contributed by atoms with van der Waals surface area (Å²) in [7, 11) is 0. The molecule has 0 spiro atoms. The number of nitrogens with one attached hydrogen (secondary N) is 1. The van der Waals surface area contributed by atoms with E-state index in [1.807, 2.05) is 10.6 Å². The van der Waals surface area contributed by atoms with E-state index in [0.717, 1.165) is 24.2 Å². The zero-order valence-electron chi connectivity index (χ0n) is 14.2. The summed E-state index contributed by atoms with van der Waals surface area (Å²) in [6.07, 6.45) is 3.55. The van der Waals surface area contributed by atoms with Crippen molar-refractivity contribution in [2.75, 3.05) is 0 Å². The van der Waals surface area contributed by atoms with Crippen LogP contribution in [-0.4, -0.2) is 10.6 Å². The molecule has 1 aliphatic carbocycles. The third kappa shape index (κ3) is 4.44. The maximum Gasteiger partial charge on any atom is 0.255 e. The fourth-order valence-electron chi connectivity index (χ4n) is 2.56. The monoisotopic (exact) mass is 290 g/mol. The van der Waals surface area contributed by atoms with Gasteiger partial charge in [0, 0.05) is 35.8 Å². The summed E-state index contributed by atoms with van der Waals surface area (Å²) >= 11 is 0. The molecule has 118 valence electrons. The van der Waals surface area contributed by atoms with Crippen LogP contribution < -0.4 is 10.9 Å². The van der Waals surface area contributed by atoms with Crippen molar-refractivity contribution in [3.8, 4) is 0 Å². The molecule has 1 aliphatic rings. The van der Waals surface area contributed by atoms with Gasteiger partial charge in [0.05, 0.1) is 0 Å². The fourth-order valence-corrected chi connectivity index (χ4v) is 2.56. The van der Waals surface area contributed by atoms with Gasteiger partial charge in [-0.05, 0) is 31.2 Å². The molecule has 3 nitrogen and oxygen atoms in total. The Morgan fingerprint density at radius 3 is 2.48 bits per heavy atom. The summed E-state index contributed by atoms with van der Waals surface area (Å²) in [5, 5.41) is 3.45. The standard InChI is InChI=1S/C18H30N2O/c1-13(2)10-11-20-16(18(3,4)5)9-6-14(17(20)21)12-19-15-7-8-15/h6,9,13,15,19H,7-8,10-12H2,1-5H3. The minimum absolute atomic E-state index is 0.00140. The molecule has 1 fully saturated rings. The predicted molar refractivity (Wildman–Crippen MR) is 88.7 cm³/mol. The molecule has 0 aromatic carbocycles. The first-order valence-corrected chi connectivity index (χ1v) is 8.25. The van der Waals surface area contributed by atoms with Gasteiger partial charge in [-0.1, -0.05) is 40.7 Å². The third-order valence-electron chi connectivity index (χ3n) is 4.11. The number of nitrogens with zero attached hydrogens (tertiary/aromatic N) is 1. The van der Waals surface area contributed by atoms with Crippen LogP contribution in [0.5, 0.6) is 0 Å². The van der Waals surface area contributed by atoms with E-state index in [1.54, 1.807) is 0 Å². The predicted octanol–water partition coefficient (Wildman–Crippen LogP) is 3.44. The molecule has 0 aliphatic heterocycles. The molecule has 0 atom stereocenters. The van der Waals surface area contributed by atoms with E-state index in [9.17, 15) is 4.79 Å². The summed E-state index contributed by atoms with van der Waals surface area (Å²) in [4.78, 5) is 12.8. The zero-order valence-corrected chi connectivity index (χ0v) is 14.2. The van der Waals surface area contributed by atoms with Crippen molar-refractivity contribution in [1.29, 1.82) is 0 Å². The van der Waals surface area contributed by atoms with Crippen molar-refractivity contribution in [3.05, 3.63) is 33.7 Å². The molecule has 3 heteroatoms. The van der Waals surface area contributed by atoms with E-state index in [-0.39, 0.29) is 11.0 Å². The summed E-state index contributed by atoms with van der Waals surface area (Å²) in [6, 6.07) is 4.80. The molecular formula is C18H30N2O. The lowest BCUT2D eigenvalue weighted by Crippen LogP contribution is -2.33. The minimum atomic E-state index is -0.00140. The third-order valence-corrected chi connectivity index (χ3v) is 4.11. The quantitative estimate of drug-likeness (QED) is 0.871. The topological polar surface area (TPSA) is 34.0 Å². The number of pyridine rings is 1. The van der Waals surface area contributed by atoms with Gasteiger partial charge in [-0.25, -0.2) is 0 Å². The SMILES string of the molecule is CC(C)CCn1c(C(C)(C)C)ccc(CNC2CC2)c1=O. The molecule has 0 unspecified atom stereocenters. The highest BCUT2D eigenvalue weighted by atomic mass is 16.1. The molecule has 1 N–H and O–H groups in total. The minimum Gasteiger partial charge on any atom is -0.312 e. The smallest absolute Gasteiger partial charge is 0.255 e. The zero-order chi connectivity index (χ0) is 15.6. The number of rotatable bonds is 6. The Kier molecular flexibility index (Phi) is 4.92. The van der Waals surface area contributed by atoms with Crippen LogP contribution in [0.15, 0.2) is 16.9 Å². The maximum absolute atomic E-state index is 12.8. The van der Waals surface area contributed by atoms with Gasteiger partial charge in [0.2, 0.25) is 0 Å². The lowest BCUT2D eigenvalue weighted by atomic mass is 9.90. The Bertz CT molecular complexity index is 533. The number of hydrogen-bond acceptors (Lipinski definition) is 2. The van der Waals surface area contributed by atoms with Gasteiger partial charge in [-0.3, -0.25) is 4.79 Å². The van der Waals surface area contributed by atoms with Crippen LogP contribution >= 0.6 is 0 Å². The van der Waals surface area contributed by atoms with Crippen LogP contribution in [0.2, 0.25) is 0 Å². The Hall–Kier alpha value is -1.09. The van der Waals surface area contributed by atoms with Gasteiger partial charge in [-0.2, -0.15) is 0 Å². The van der Waals surface area contributed by atoms with Crippen molar-refractivity contribution >= 4 is 0 Å². The van der Waals surface area contributed by atoms with E-state index in [1.165, 1.54) is 12.8 Å². The molecule has 0 amide bonds.